The van der Waals surface area contributed by atoms with E-state index in [9.17, 15) is 9.00 Å². The molecule has 0 N–H and O–H groups in total. The van der Waals surface area contributed by atoms with Crippen molar-refractivity contribution in [1.29, 1.82) is 0 Å². The first-order valence-electron chi connectivity index (χ1n) is 11.4. The standard InChI is InChI=1S/C25H41NO3SSi/c1-19(2)24(17-29-31(7,8)25(4,5)6)26-30(28,23-14-12-20(3)13-15-23)18-21-10-9-11-22(27)16-21/h12-16,19,24H,9-11,17-18H2,1-8H3/t24-,30?/m0/s1. The molecule has 0 aromatic heterocycles. The number of hydrogen-bond donors (Lipinski definition) is 0. The third-order valence-electron chi connectivity index (χ3n) is 6.55. The largest absolute Gasteiger partial charge is 0.415 e. The number of hydrogen-bond acceptors (Lipinski definition) is 4. The van der Waals surface area contributed by atoms with E-state index in [0.717, 1.165) is 28.9 Å². The van der Waals surface area contributed by atoms with Crippen LogP contribution < -0.4 is 0 Å². The van der Waals surface area contributed by atoms with Gasteiger partial charge >= 0.3 is 0 Å². The minimum absolute atomic E-state index is 0.111. The Morgan fingerprint density at radius 3 is 2.26 bits per heavy atom. The second-order valence-electron chi connectivity index (χ2n) is 10.7. The van der Waals surface area contributed by atoms with Crippen molar-refractivity contribution >= 4 is 23.8 Å². The summed E-state index contributed by atoms with van der Waals surface area (Å²) in [5.41, 5.74) is 2.08. The fourth-order valence-corrected chi connectivity index (χ4v) is 6.65. The van der Waals surface area contributed by atoms with Gasteiger partial charge in [0.15, 0.2) is 14.1 Å². The van der Waals surface area contributed by atoms with Crippen LogP contribution in [-0.2, 0) is 18.9 Å². The molecule has 0 radical (unpaired) electrons. The van der Waals surface area contributed by atoms with Crippen molar-refractivity contribution in [2.75, 3.05) is 12.4 Å². The summed E-state index contributed by atoms with van der Waals surface area (Å²) in [5, 5.41) is 0.111. The highest BCUT2D eigenvalue weighted by Gasteiger charge is 2.38. The Balaban J connectivity index is 2.45. The van der Waals surface area contributed by atoms with Crippen LogP contribution in [0.1, 0.15) is 59.4 Å². The van der Waals surface area contributed by atoms with Crippen LogP contribution in [0.2, 0.25) is 18.1 Å². The first kappa shape index (κ1) is 26.0. The van der Waals surface area contributed by atoms with Crippen molar-refractivity contribution in [3.63, 3.8) is 0 Å². The molecule has 0 spiro atoms. The van der Waals surface area contributed by atoms with Gasteiger partial charge in [-0.2, -0.15) is 0 Å². The predicted molar refractivity (Wildman–Crippen MR) is 134 cm³/mol. The monoisotopic (exact) mass is 463 g/mol. The molecule has 0 bridgehead atoms. The van der Waals surface area contributed by atoms with Crippen molar-refractivity contribution in [2.45, 2.75) is 89.9 Å². The second-order valence-corrected chi connectivity index (χ2v) is 17.8. The fourth-order valence-electron chi connectivity index (χ4n) is 3.23. The molecule has 6 heteroatoms. The molecule has 4 nitrogen and oxygen atoms in total. The average molecular weight is 464 g/mol. The van der Waals surface area contributed by atoms with E-state index in [0.29, 0.717) is 18.8 Å². The molecule has 0 heterocycles. The normalized spacial score (nSPS) is 18.5. The van der Waals surface area contributed by atoms with E-state index in [1.165, 1.54) is 0 Å². The number of nitrogens with zero attached hydrogens (tertiary/aromatic N) is 1. The maximum Gasteiger partial charge on any atom is 0.192 e. The zero-order valence-electron chi connectivity index (χ0n) is 20.7. The van der Waals surface area contributed by atoms with Gasteiger partial charge in [-0.25, -0.2) is 8.57 Å². The van der Waals surface area contributed by atoms with Crippen molar-refractivity contribution in [1.82, 2.24) is 0 Å². The summed E-state index contributed by atoms with van der Waals surface area (Å²) >= 11 is 0. The Morgan fingerprint density at radius 2 is 1.74 bits per heavy atom. The Morgan fingerprint density at radius 1 is 1.13 bits per heavy atom. The van der Waals surface area contributed by atoms with E-state index in [4.69, 9.17) is 8.79 Å². The van der Waals surface area contributed by atoms with Crippen LogP contribution in [0.4, 0.5) is 0 Å². The summed E-state index contributed by atoms with van der Waals surface area (Å²) in [7, 11) is -4.65. The number of allylic oxidation sites excluding steroid dienone is 1. The topological polar surface area (TPSA) is 55.7 Å². The van der Waals surface area contributed by atoms with Gasteiger partial charge < -0.3 is 4.43 Å². The Bertz CT molecular complexity index is 917. The van der Waals surface area contributed by atoms with Gasteiger partial charge in [0.1, 0.15) is 0 Å². The molecule has 0 amide bonds. The number of ketones is 1. The molecule has 0 aliphatic heterocycles. The number of rotatable bonds is 8. The highest BCUT2D eigenvalue weighted by atomic mass is 32.2. The van der Waals surface area contributed by atoms with E-state index in [1.54, 1.807) is 6.08 Å². The summed E-state index contributed by atoms with van der Waals surface area (Å²) in [6.07, 6.45) is 3.93. The molecule has 0 saturated heterocycles. The second kappa shape index (κ2) is 10.1. The third kappa shape index (κ3) is 7.12. The van der Waals surface area contributed by atoms with E-state index >= 15 is 0 Å². The maximum absolute atomic E-state index is 14.3. The summed E-state index contributed by atoms with van der Waals surface area (Å²) < 4.78 is 25.8. The van der Waals surface area contributed by atoms with Gasteiger partial charge in [0.05, 0.1) is 28.1 Å². The molecule has 31 heavy (non-hydrogen) atoms. The van der Waals surface area contributed by atoms with Crippen LogP contribution in [0.15, 0.2) is 45.2 Å². The van der Waals surface area contributed by atoms with Crippen molar-refractivity contribution in [2.24, 2.45) is 10.3 Å². The minimum Gasteiger partial charge on any atom is -0.415 e. The van der Waals surface area contributed by atoms with Gasteiger partial charge in [-0.15, -0.1) is 0 Å². The highest BCUT2D eigenvalue weighted by Crippen LogP contribution is 2.37. The minimum atomic E-state index is -2.72. The predicted octanol–water partition coefficient (Wildman–Crippen LogP) is 6.55. The van der Waals surface area contributed by atoms with Gasteiger partial charge in [-0.3, -0.25) is 4.79 Å². The summed E-state index contributed by atoms with van der Waals surface area (Å²) in [5.74, 6) is 0.664. The Kier molecular flexibility index (Phi) is 8.50. The first-order chi connectivity index (χ1) is 14.2. The van der Waals surface area contributed by atoms with Crippen LogP contribution >= 0.6 is 0 Å². The van der Waals surface area contributed by atoms with Crippen LogP contribution in [0.3, 0.4) is 0 Å². The molecular weight excluding hydrogens is 422 g/mol. The lowest BCUT2D eigenvalue weighted by atomic mass is 10.0. The highest BCUT2D eigenvalue weighted by molar-refractivity contribution is 7.93. The molecule has 2 atom stereocenters. The van der Waals surface area contributed by atoms with Crippen LogP contribution in [-0.4, -0.2) is 36.7 Å². The molecular formula is C25H41NO3SSi. The Hall–Kier alpha value is -1.24. The molecule has 1 aromatic carbocycles. The zero-order valence-corrected chi connectivity index (χ0v) is 22.5. The molecule has 0 fully saturated rings. The van der Waals surface area contributed by atoms with Crippen LogP contribution in [0.5, 0.6) is 0 Å². The molecule has 0 saturated carbocycles. The third-order valence-corrected chi connectivity index (χ3v) is 13.4. The lowest BCUT2D eigenvalue weighted by Gasteiger charge is -2.37. The van der Waals surface area contributed by atoms with Gasteiger partial charge in [0, 0.05) is 11.3 Å². The lowest BCUT2D eigenvalue weighted by molar-refractivity contribution is -0.115. The summed E-state index contributed by atoms with van der Waals surface area (Å²) in [4.78, 5) is 12.7. The smallest absolute Gasteiger partial charge is 0.192 e. The quantitative estimate of drug-likeness (QED) is 0.411. The lowest BCUT2D eigenvalue weighted by Crippen LogP contribution is -2.43. The van der Waals surface area contributed by atoms with Gasteiger partial charge in [-0.1, -0.05) is 57.9 Å². The van der Waals surface area contributed by atoms with E-state index in [-0.39, 0.29) is 22.8 Å². The molecule has 1 aliphatic carbocycles. The van der Waals surface area contributed by atoms with Crippen molar-refractivity contribution in [3.8, 4) is 0 Å². The maximum atomic E-state index is 14.3. The van der Waals surface area contributed by atoms with Crippen molar-refractivity contribution < 1.29 is 13.4 Å². The van der Waals surface area contributed by atoms with E-state index in [2.05, 4.69) is 47.7 Å². The van der Waals surface area contributed by atoms with Gasteiger partial charge in [-0.05, 0) is 62.0 Å². The molecule has 2 rings (SSSR count). The molecule has 1 aliphatic rings. The number of carbonyl (C=O) groups excluding carboxylic acids is 1. The Labute approximate surface area is 191 Å². The summed E-state index contributed by atoms with van der Waals surface area (Å²) in [6.45, 7) is 17.9. The van der Waals surface area contributed by atoms with Crippen molar-refractivity contribution in [3.05, 3.63) is 41.5 Å². The average Bonchev–Trinajstić information content (AvgIpc) is 2.64. The van der Waals surface area contributed by atoms with E-state index < -0.39 is 18.0 Å². The zero-order chi connectivity index (χ0) is 23.4. The van der Waals surface area contributed by atoms with Crippen LogP contribution in [0.25, 0.3) is 0 Å². The molecule has 1 aromatic rings. The van der Waals surface area contributed by atoms with Gasteiger partial charge in [0.25, 0.3) is 0 Å². The SMILES string of the molecule is Cc1ccc(S(=O)(CC2=CC(=O)CCC2)=N[C@@H](CO[Si](C)(C)C(C)(C)C)C(C)C)cc1. The van der Waals surface area contributed by atoms with Gasteiger partial charge in [0.2, 0.25) is 0 Å². The van der Waals surface area contributed by atoms with Crippen LogP contribution in [0, 0.1) is 12.8 Å². The first-order valence-corrected chi connectivity index (χ1v) is 16.0. The number of aryl methyl sites for hydroxylation is 1. The fraction of sp³-hybridized carbons (Fsp3) is 0.640. The van der Waals surface area contributed by atoms with E-state index in [1.807, 2.05) is 31.2 Å². The number of carbonyl (C=O) groups is 1. The molecule has 174 valence electrons. The number of benzene rings is 1. The molecule has 1 unspecified atom stereocenters. The summed E-state index contributed by atoms with van der Waals surface area (Å²) in [6, 6.07) is 7.67.